The van der Waals surface area contributed by atoms with Crippen molar-refractivity contribution in [3.05, 3.63) is 61.0 Å². The summed E-state index contributed by atoms with van der Waals surface area (Å²) in [5.74, 6) is 0.693. The predicted molar refractivity (Wildman–Crippen MR) is 118 cm³/mol. The molecule has 0 saturated carbocycles. The van der Waals surface area contributed by atoms with Crippen LogP contribution in [0, 0.1) is 12.8 Å². The Morgan fingerprint density at radius 1 is 1.17 bits per heavy atom. The number of Topliss-reactive ketones (excluding diaryl/α,β-unsaturated/α-hetero) is 1. The van der Waals surface area contributed by atoms with Crippen molar-refractivity contribution in [2.24, 2.45) is 13.0 Å². The molecule has 2 aromatic heterocycles. The number of thioether (sulfide) groups is 1. The standard InChI is InChI=1S/C20H21BrN4O3S/c1-11(2)9-25-17-16(19(27)24(4)20(25)28)18(23-12(3)22-17)29-10-15(26)13-5-7-14(21)8-6-13/h5-8,11H,9-10H2,1-4H3. The molecule has 0 atom stereocenters. The zero-order valence-electron chi connectivity index (χ0n) is 16.6. The summed E-state index contributed by atoms with van der Waals surface area (Å²) in [6.45, 7) is 6.12. The highest BCUT2D eigenvalue weighted by Gasteiger charge is 2.19. The lowest BCUT2D eigenvalue weighted by molar-refractivity contribution is 0.102. The Hall–Kier alpha value is -2.26. The Morgan fingerprint density at radius 2 is 1.83 bits per heavy atom. The van der Waals surface area contributed by atoms with E-state index in [0.717, 1.165) is 9.04 Å². The Kier molecular flexibility index (Phi) is 6.38. The molecule has 0 N–H and O–H groups in total. The zero-order chi connectivity index (χ0) is 21.3. The van der Waals surface area contributed by atoms with Crippen molar-refractivity contribution >= 4 is 44.5 Å². The summed E-state index contributed by atoms with van der Waals surface area (Å²) < 4.78 is 3.48. The average molecular weight is 477 g/mol. The SMILES string of the molecule is Cc1nc(SCC(=O)c2ccc(Br)cc2)c2c(=O)n(C)c(=O)n(CC(C)C)c2n1. The van der Waals surface area contributed by atoms with E-state index < -0.39 is 11.2 Å². The van der Waals surface area contributed by atoms with Crippen LogP contribution in [0.25, 0.3) is 11.0 Å². The van der Waals surface area contributed by atoms with Crippen LogP contribution in [0.3, 0.4) is 0 Å². The molecule has 0 aliphatic carbocycles. The van der Waals surface area contributed by atoms with Crippen molar-refractivity contribution in [2.75, 3.05) is 5.75 Å². The fourth-order valence-electron chi connectivity index (χ4n) is 2.93. The number of hydrogen-bond acceptors (Lipinski definition) is 6. The van der Waals surface area contributed by atoms with E-state index in [-0.39, 0.29) is 22.8 Å². The van der Waals surface area contributed by atoms with Crippen LogP contribution < -0.4 is 11.2 Å². The molecule has 0 aliphatic rings. The topological polar surface area (TPSA) is 86.9 Å². The fraction of sp³-hybridized carbons (Fsp3) is 0.350. The highest BCUT2D eigenvalue weighted by Crippen LogP contribution is 2.24. The van der Waals surface area contributed by atoms with Gasteiger partial charge in [0.15, 0.2) is 11.4 Å². The summed E-state index contributed by atoms with van der Waals surface area (Å²) in [6.07, 6.45) is 0. The van der Waals surface area contributed by atoms with Gasteiger partial charge in [0, 0.05) is 23.6 Å². The molecule has 0 spiro atoms. The molecule has 2 heterocycles. The number of halogens is 1. The minimum atomic E-state index is -0.455. The van der Waals surface area contributed by atoms with E-state index in [0.29, 0.717) is 28.6 Å². The highest BCUT2D eigenvalue weighted by atomic mass is 79.9. The maximum absolute atomic E-state index is 12.8. The van der Waals surface area contributed by atoms with Crippen LogP contribution >= 0.6 is 27.7 Å². The number of nitrogens with zero attached hydrogens (tertiary/aromatic N) is 4. The first kappa shape index (κ1) is 21.4. The Labute approximate surface area is 180 Å². The number of aromatic nitrogens is 4. The van der Waals surface area contributed by atoms with Crippen LogP contribution in [-0.2, 0) is 13.6 Å². The molecule has 7 nitrogen and oxygen atoms in total. The van der Waals surface area contributed by atoms with Crippen LogP contribution in [0.15, 0.2) is 43.4 Å². The van der Waals surface area contributed by atoms with Crippen molar-refractivity contribution < 1.29 is 4.79 Å². The van der Waals surface area contributed by atoms with Gasteiger partial charge in [0.1, 0.15) is 16.2 Å². The lowest BCUT2D eigenvalue weighted by Crippen LogP contribution is -2.39. The minimum absolute atomic E-state index is 0.0701. The molecule has 9 heteroatoms. The maximum Gasteiger partial charge on any atom is 0.332 e. The molecule has 0 saturated heterocycles. The van der Waals surface area contributed by atoms with Crippen molar-refractivity contribution in [2.45, 2.75) is 32.3 Å². The molecule has 152 valence electrons. The maximum atomic E-state index is 12.8. The first-order chi connectivity index (χ1) is 13.7. The number of fused-ring (bicyclic) bond motifs is 1. The number of ketones is 1. The van der Waals surface area contributed by atoms with Gasteiger partial charge in [-0.25, -0.2) is 14.8 Å². The number of aryl methyl sites for hydroxylation is 1. The smallest absolute Gasteiger partial charge is 0.293 e. The van der Waals surface area contributed by atoms with Gasteiger partial charge in [0.25, 0.3) is 5.56 Å². The average Bonchev–Trinajstić information content (AvgIpc) is 2.67. The molecule has 0 radical (unpaired) electrons. The largest absolute Gasteiger partial charge is 0.332 e. The first-order valence-electron chi connectivity index (χ1n) is 9.08. The van der Waals surface area contributed by atoms with Crippen molar-refractivity contribution in [3.8, 4) is 0 Å². The second-order valence-electron chi connectivity index (χ2n) is 7.14. The third kappa shape index (κ3) is 4.51. The van der Waals surface area contributed by atoms with Crippen LogP contribution in [-0.4, -0.2) is 30.6 Å². The van der Waals surface area contributed by atoms with Gasteiger partial charge in [-0.15, -0.1) is 0 Å². The van der Waals surface area contributed by atoms with Gasteiger partial charge >= 0.3 is 5.69 Å². The predicted octanol–water partition coefficient (Wildman–Crippen LogP) is 3.19. The quantitative estimate of drug-likeness (QED) is 0.308. The van der Waals surface area contributed by atoms with Gasteiger partial charge in [-0.1, -0.05) is 53.7 Å². The van der Waals surface area contributed by atoms with Gasteiger partial charge in [0.05, 0.1) is 5.75 Å². The van der Waals surface area contributed by atoms with E-state index in [1.165, 1.54) is 23.4 Å². The van der Waals surface area contributed by atoms with Crippen LogP contribution in [0.5, 0.6) is 0 Å². The molecule has 0 unspecified atom stereocenters. The third-order valence-electron chi connectivity index (χ3n) is 4.31. The molecular weight excluding hydrogens is 456 g/mol. The van der Waals surface area contributed by atoms with E-state index in [1.807, 2.05) is 26.0 Å². The third-order valence-corrected chi connectivity index (χ3v) is 5.82. The Bertz CT molecular complexity index is 1200. The summed E-state index contributed by atoms with van der Waals surface area (Å²) in [5, 5.41) is 0.683. The Morgan fingerprint density at radius 3 is 2.45 bits per heavy atom. The van der Waals surface area contributed by atoms with Gasteiger partial charge in [0.2, 0.25) is 0 Å². The number of benzene rings is 1. The number of hydrogen-bond donors (Lipinski definition) is 0. The van der Waals surface area contributed by atoms with E-state index in [4.69, 9.17) is 0 Å². The summed E-state index contributed by atoms with van der Waals surface area (Å²) >= 11 is 4.54. The van der Waals surface area contributed by atoms with E-state index in [1.54, 1.807) is 19.1 Å². The number of carbonyl (C=O) groups is 1. The summed E-state index contributed by atoms with van der Waals surface area (Å²) in [4.78, 5) is 46.8. The zero-order valence-corrected chi connectivity index (χ0v) is 19.0. The number of rotatable bonds is 6. The van der Waals surface area contributed by atoms with Gasteiger partial charge < -0.3 is 0 Å². The molecule has 29 heavy (non-hydrogen) atoms. The van der Waals surface area contributed by atoms with Crippen molar-refractivity contribution in [1.29, 1.82) is 0 Å². The van der Waals surface area contributed by atoms with Crippen molar-refractivity contribution in [1.82, 2.24) is 19.1 Å². The van der Waals surface area contributed by atoms with Crippen LogP contribution in [0.1, 0.15) is 30.0 Å². The Balaban J connectivity index is 2.07. The van der Waals surface area contributed by atoms with Crippen LogP contribution in [0.2, 0.25) is 0 Å². The summed E-state index contributed by atoms with van der Waals surface area (Å²) in [7, 11) is 1.45. The number of carbonyl (C=O) groups excluding carboxylic acids is 1. The van der Waals surface area contributed by atoms with E-state index in [9.17, 15) is 14.4 Å². The lowest BCUT2D eigenvalue weighted by atomic mass is 10.2. The highest BCUT2D eigenvalue weighted by molar-refractivity contribution is 9.10. The second kappa shape index (κ2) is 8.62. The van der Waals surface area contributed by atoms with E-state index in [2.05, 4.69) is 25.9 Å². The molecule has 3 aromatic rings. The monoisotopic (exact) mass is 476 g/mol. The molecule has 0 bridgehead atoms. The molecule has 0 amide bonds. The van der Waals surface area contributed by atoms with Crippen LogP contribution in [0.4, 0.5) is 0 Å². The normalized spacial score (nSPS) is 11.4. The van der Waals surface area contributed by atoms with Gasteiger partial charge in [-0.3, -0.25) is 18.7 Å². The summed E-state index contributed by atoms with van der Waals surface area (Å²) in [5.41, 5.74) is 0.0399. The lowest BCUT2D eigenvalue weighted by Gasteiger charge is -2.15. The molecule has 3 rings (SSSR count). The second-order valence-corrected chi connectivity index (χ2v) is 9.02. The summed E-state index contributed by atoms with van der Waals surface area (Å²) in [6, 6.07) is 7.11. The molecule has 0 aliphatic heterocycles. The first-order valence-corrected chi connectivity index (χ1v) is 10.9. The van der Waals surface area contributed by atoms with Gasteiger partial charge in [-0.2, -0.15) is 0 Å². The van der Waals surface area contributed by atoms with E-state index >= 15 is 0 Å². The van der Waals surface area contributed by atoms with Gasteiger partial charge in [-0.05, 0) is 25.0 Å². The minimum Gasteiger partial charge on any atom is -0.293 e. The van der Waals surface area contributed by atoms with Crippen molar-refractivity contribution in [3.63, 3.8) is 0 Å². The fourth-order valence-corrected chi connectivity index (χ4v) is 4.15. The molecular formula is C20H21BrN4O3S. The molecule has 0 fully saturated rings. The molecule has 1 aromatic carbocycles.